The molecule has 17 heavy (non-hydrogen) atoms. The Kier molecular flexibility index (Phi) is 2.99. The minimum atomic E-state index is -0.548. The van der Waals surface area contributed by atoms with Gasteiger partial charge in [-0.25, -0.2) is 9.48 Å². The summed E-state index contributed by atoms with van der Waals surface area (Å²) in [6, 6.07) is 3.42. The Bertz CT molecular complexity index is 523. The third-order valence-electron chi connectivity index (χ3n) is 2.00. The SMILES string of the molecule is CCOC(=O)c1nn(-c2cccnn2)cc1N. The fourth-order valence-electron chi connectivity index (χ4n) is 1.28. The minimum absolute atomic E-state index is 0.0810. The van der Waals surface area contributed by atoms with Crippen molar-refractivity contribution >= 4 is 11.7 Å². The van der Waals surface area contributed by atoms with Crippen molar-refractivity contribution in [2.45, 2.75) is 6.92 Å². The molecule has 7 nitrogen and oxygen atoms in total. The van der Waals surface area contributed by atoms with Crippen molar-refractivity contribution in [2.75, 3.05) is 12.3 Å². The van der Waals surface area contributed by atoms with E-state index in [1.165, 1.54) is 10.9 Å². The van der Waals surface area contributed by atoms with Crippen LogP contribution in [-0.2, 0) is 4.74 Å². The standard InChI is InChI=1S/C10H11N5O2/c1-2-17-10(16)9-7(11)6-15(14-9)8-4-3-5-12-13-8/h3-6H,2,11H2,1H3. The smallest absolute Gasteiger partial charge is 0.361 e. The van der Waals surface area contributed by atoms with Gasteiger partial charge in [0.1, 0.15) is 0 Å². The van der Waals surface area contributed by atoms with Crippen molar-refractivity contribution in [3.8, 4) is 5.82 Å². The molecule has 2 aromatic rings. The monoisotopic (exact) mass is 233 g/mol. The second kappa shape index (κ2) is 4.60. The van der Waals surface area contributed by atoms with Gasteiger partial charge in [0, 0.05) is 6.20 Å². The average molecular weight is 233 g/mol. The first-order valence-corrected chi connectivity index (χ1v) is 5.02. The van der Waals surface area contributed by atoms with E-state index in [1.807, 2.05) is 0 Å². The maximum absolute atomic E-state index is 11.5. The summed E-state index contributed by atoms with van der Waals surface area (Å²) < 4.78 is 6.21. The van der Waals surface area contributed by atoms with Crippen LogP contribution in [-0.4, -0.2) is 32.6 Å². The minimum Gasteiger partial charge on any atom is -0.461 e. The molecular formula is C10H11N5O2. The Morgan fingerprint density at radius 3 is 3.06 bits per heavy atom. The number of carbonyl (C=O) groups excluding carboxylic acids is 1. The van der Waals surface area contributed by atoms with Crippen molar-refractivity contribution in [1.82, 2.24) is 20.0 Å². The first-order chi connectivity index (χ1) is 8.22. The number of carbonyl (C=O) groups is 1. The Balaban J connectivity index is 2.34. The molecule has 88 valence electrons. The fraction of sp³-hybridized carbons (Fsp3) is 0.200. The van der Waals surface area contributed by atoms with Crippen molar-refractivity contribution in [3.05, 3.63) is 30.2 Å². The van der Waals surface area contributed by atoms with Gasteiger partial charge in [0.2, 0.25) is 0 Å². The first-order valence-electron chi connectivity index (χ1n) is 5.02. The van der Waals surface area contributed by atoms with Crippen LogP contribution in [0.3, 0.4) is 0 Å². The molecule has 7 heteroatoms. The summed E-state index contributed by atoms with van der Waals surface area (Å²) in [4.78, 5) is 11.5. The van der Waals surface area contributed by atoms with Crippen molar-refractivity contribution in [2.24, 2.45) is 0 Å². The van der Waals surface area contributed by atoms with E-state index in [0.717, 1.165) is 0 Å². The van der Waals surface area contributed by atoms with Gasteiger partial charge in [0.15, 0.2) is 11.5 Å². The average Bonchev–Trinajstić information content (AvgIpc) is 2.73. The third-order valence-corrected chi connectivity index (χ3v) is 2.00. The van der Waals surface area contributed by atoms with Crippen LogP contribution in [0.5, 0.6) is 0 Å². The molecule has 0 aliphatic carbocycles. The number of nitrogen functional groups attached to an aromatic ring is 1. The molecule has 0 saturated carbocycles. The quantitative estimate of drug-likeness (QED) is 0.772. The van der Waals surface area contributed by atoms with E-state index in [2.05, 4.69) is 15.3 Å². The van der Waals surface area contributed by atoms with E-state index in [1.54, 1.807) is 25.3 Å². The predicted molar refractivity (Wildman–Crippen MR) is 59.5 cm³/mol. The Morgan fingerprint density at radius 1 is 1.59 bits per heavy atom. The van der Waals surface area contributed by atoms with Gasteiger partial charge < -0.3 is 10.5 Å². The topological polar surface area (TPSA) is 95.9 Å². The molecule has 0 saturated heterocycles. The maximum Gasteiger partial charge on any atom is 0.361 e. The lowest BCUT2D eigenvalue weighted by Gasteiger charge is -1.98. The number of esters is 1. The molecule has 0 spiro atoms. The van der Waals surface area contributed by atoms with Crippen molar-refractivity contribution in [3.63, 3.8) is 0 Å². The largest absolute Gasteiger partial charge is 0.461 e. The Labute approximate surface area is 97.2 Å². The predicted octanol–water partition coefficient (Wildman–Crippen LogP) is 0.421. The van der Waals surface area contributed by atoms with Crippen LogP contribution in [0.25, 0.3) is 5.82 Å². The molecule has 2 N–H and O–H groups in total. The number of anilines is 1. The lowest BCUT2D eigenvalue weighted by Crippen LogP contribution is -2.08. The van der Waals surface area contributed by atoms with Crippen LogP contribution >= 0.6 is 0 Å². The van der Waals surface area contributed by atoms with Gasteiger partial charge in [-0.05, 0) is 19.1 Å². The van der Waals surface area contributed by atoms with E-state index in [-0.39, 0.29) is 18.0 Å². The van der Waals surface area contributed by atoms with Gasteiger partial charge in [-0.3, -0.25) is 0 Å². The van der Waals surface area contributed by atoms with Crippen molar-refractivity contribution < 1.29 is 9.53 Å². The van der Waals surface area contributed by atoms with E-state index in [4.69, 9.17) is 10.5 Å². The van der Waals surface area contributed by atoms with Gasteiger partial charge in [-0.15, -0.1) is 5.10 Å². The lowest BCUT2D eigenvalue weighted by atomic mass is 10.4. The van der Waals surface area contributed by atoms with Crippen LogP contribution < -0.4 is 5.73 Å². The molecule has 0 bridgehead atoms. The summed E-state index contributed by atoms with van der Waals surface area (Å²) in [6.07, 6.45) is 3.04. The van der Waals surface area contributed by atoms with E-state index < -0.39 is 5.97 Å². The molecule has 0 aromatic carbocycles. The van der Waals surface area contributed by atoms with Crippen molar-refractivity contribution in [1.29, 1.82) is 0 Å². The summed E-state index contributed by atoms with van der Waals surface area (Å²) >= 11 is 0. The zero-order valence-corrected chi connectivity index (χ0v) is 9.20. The molecule has 0 unspecified atom stereocenters. The van der Waals surface area contributed by atoms with Gasteiger partial charge in [-0.1, -0.05) is 0 Å². The summed E-state index contributed by atoms with van der Waals surface area (Å²) in [5.41, 5.74) is 6.00. The van der Waals surface area contributed by atoms with Crippen LogP contribution in [0.4, 0.5) is 5.69 Å². The normalized spacial score (nSPS) is 10.2. The van der Waals surface area contributed by atoms with Crippen LogP contribution in [0.2, 0.25) is 0 Å². The summed E-state index contributed by atoms with van der Waals surface area (Å²) in [7, 11) is 0. The summed E-state index contributed by atoms with van der Waals surface area (Å²) in [5, 5.41) is 11.6. The number of ether oxygens (including phenoxy) is 1. The number of hydrogen-bond donors (Lipinski definition) is 1. The number of nitrogens with zero attached hydrogens (tertiary/aromatic N) is 4. The summed E-state index contributed by atoms with van der Waals surface area (Å²) in [5.74, 6) is -0.0672. The highest BCUT2D eigenvalue weighted by atomic mass is 16.5. The highest BCUT2D eigenvalue weighted by molar-refractivity contribution is 5.92. The molecule has 2 heterocycles. The number of nitrogens with two attached hydrogens (primary N) is 1. The van der Waals surface area contributed by atoms with Crippen LogP contribution in [0.1, 0.15) is 17.4 Å². The highest BCUT2D eigenvalue weighted by Crippen LogP contribution is 2.13. The molecule has 0 amide bonds. The summed E-state index contributed by atoms with van der Waals surface area (Å²) in [6.45, 7) is 1.99. The molecule has 0 aliphatic heterocycles. The Morgan fingerprint density at radius 2 is 2.41 bits per heavy atom. The lowest BCUT2D eigenvalue weighted by molar-refractivity contribution is 0.0520. The third kappa shape index (κ3) is 2.22. The van der Waals surface area contributed by atoms with Gasteiger partial charge >= 0.3 is 5.97 Å². The first kappa shape index (κ1) is 11.1. The second-order valence-corrected chi connectivity index (χ2v) is 3.18. The van der Waals surface area contributed by atoms with E-state index in [0.29, 0.717) is 5.82 Å². The van der Waals surface area contributed by atoms with Crippen LogP contribution in [0, 0.1) is 0 Å². The van der Waals surface area contributed by atoms with Gasteiger partial charge in [0.05, 0.1) is 18.5 Å². The number of hydrogen-bond acceptors (Lipinski definition) is 6. The molecule has 0 radical (unpaired) electrons. The number of aromatic nitrogens is 4. The van der Waals surface area contributed by atoms with Gasteiger partial charge in [0.25, 0.3) is 0 Å². The highest BCUT2D eigenvalue weighted by Gasteiger charge is 2.16. The van der Waals surface area contributed by atoms with Gasteiger partial charge in [-0.2, -0.15) is 10.2 Å². The zero-order valence-electron chi connectivity index (χ0n) is 9.20. The maximum atomic E-state index is 11.5. The molecule has 0 atom stereocenters. The molecular weight excluding hydrogens is 222 g/mol. The zero-order chi connectivity index (χ0) is 12.3. The number of rotatable bonds is 3. The van der Waals surface area contributed by atoms with E-state index >= 15 is 0 Å². The molecule has 0 fully saturated rings. The second-order valence-electron chi connectivity index (χ2n) is 3.18. The molecule has 2 rings (SSSR count). The van der Waals surface area contributed by atoms with Crippen LogP contribution in [0.15, 0.2) is 24.5 Å². The molecule has 2 aromatic heterocycles. The fourth-order valence-corrected chi connectivity index (χ4v) is 1.28. The molecule has 0 aliphatic rings. The Hall–Kier alpha value is -2.44. The van der Waals surface area contributed by atoms with E-state index in [9.17, 15) is 4.79 Å².